The number of rotatable bonds is 83. The molecule has 1 unspecified atom stereocenters. The molecule has 0 amide bonds. The Hall–Kier alpha value is -8.64. The first-order valence-corrected chi connectivity index (χ1v) is 63.4. The summed E-state index contributed by atoms with van der Waals surface area (Å²) in [6.45, 7) is 34.3. The molecule has 0 aliphatic rings. The molecule has 6 N–H and O–H groups in total. The number of benzene rings is 6. The van der Waals surface area contributed by atoms with Gasteiger partial charge >= 0.3 is 0 Å². The minimum atomic E-state index is 0.682. The van der Waals surface area contributed by atoms with Gasteiger partial charge in [-0.05, 0) is 226 Å². The van der Waals surface area contributed by atoms with Crippen LogP contribution in [0.2, 0.25) is 0 Å². The van der Waals surface area contributed by atoms with Crippen molar-refractivity contribution in [3.8, 4) is 34.5 Å². The normalized spacial score (nSPS) is 11.5. The highest BCUT2D eigenvalue weighted by Gasteiger charge is 2.15. The van der Waals surface area contributed by atoms with E-state index >= 15 is 0 Å². The average molecular weight is 2060 g/mol. The number of unbranched alkanes of at least 4 members (excludes halogenated alkanes) is 50. The molecule has 6 aromatic carbocycles. The maximum absolute atomic E-state index is 6.05. The van der Waals surface area contributed by atoms with Gasteiger partial charge in [-0.1, -0.05) is 462 Å². The number of ether oxygens (including phenoxy) is 6. The molecule has 0 radical (unpaired) electrons. The summed E-state index contributed by atoms with van der Waals surface area (Å²) in [4.78, 5) is 20.1. The first-order chi connectivity index (χ1) is 74.0. The number of H-pyrrole nitrogens is 6. The highest BCUT2D eigenvalue weighted by Crippen LogP contribution is 2.34. The van der Waals surface area contributed by atoms with Gasteiger partial charge in [0, 0.05) is 103 Å². The minimum Gasteiger partial charge on any atom is -0.494 e. The molecule has 0 saturated heterocycles. The molecule has 0 spiro atoms. The lowest BCUT2D eigenvalue weighted by molar-refractivity contribution is 0.233. The maximum Gasteiger partial charge on any atom is 0.120 e. The lowest BCUT2D eigenvalue weighted by atomic mass is 10.0. The summed E-state index contributed by atoms with van der Waals surface area (Å²) in [6, 6.07) is 38.6. The van der Waals surface area contributed by atoms with E-state index in [1.807, 2.05) is 0 Å². The predicted molar refractivity (Wildman–Crippen MR) is 658 cm³/mol. The van der Waals surface area contributed by atoms with E-state index in [4.69, 9.17) is 28.4 Å². The van der Waals surface area contributed by atoms with E-state index in [1.54, 1.807) is 0 Å². The molecule has 0 aliphatic heterocycles. The molecule has 12 nitrogen and oxygen atoms in total. The van der Waals surface area contributed by atoms with Gasteiger partial charge in [-0.15, -0.1) is 0 Å². The minimum absolute atomic E-state index is 0.682. The summed E-state index contributed by atoms with van der Waals surface area (Å²) < 4.78 is 36.0. The monoisotopic (exact) mass is 2060 g/mol. The van der Waals surface area contributed by atoms with Crippen LogP contribution in [0.1, 0.15) is 534 Å². The van der Waals surface area contributed by atoms with Crippen molar-refractivity contribution in [2.45, 2.75) is 539 Å². The first kappa shape index (κ1) is 128. The van der Waals surface area contributed by atoms with Crippen molar-refractivity contribution in [1.29, 1.82) is 0 Å². The van der Waals surface area contributed by atoms with Gasteiger partial charge in [0.05, 0.1) is 39.6 Å². The van der Waals surface area contributed by atoms with Crippen molar-refractivity contribution in [2.75, 3.05) is 39.6 Å². The molecule has 0 fully saturated rings. The molecule has 0 aliphatic carbocycles. The van der Waals surface area contributed by atoms with Crippen molar-refractivity contribution < 1.29 is 28.4 Å². The van der Waals surface area contributed by atoms with Crippen LogP contribution in [0.15, 0.2) is 146 Å². The average Bonchev–Trinajstić information content (AvgIpc) is 1.70. The third-order valence-corrected chi connectivity index (χ3v) is 30.4. The van der Waals surface area contributed by atoms with E-state index in [9.17, 15) is 0 Å². The number of aryl methyl sites for hydroxylation is 6. The van der Waals surface area contributed by atoms with Crippen LogP contribution in [0.25, 0.3) is 65.4 Å². The van der Waals surface area contributed by atoms with Crippen LogP contribution in [0.5, 0.6) is 34.5 Å². The molecular weight excluding hydrogens is 1840 g/mol. The van der Waals surface area contributed by atoms with Gasteiger partial charge in [0.25, 0.3) is 0 Å². The highest BCUT2D eigenvalue weighted by atomic mass is 16.5. The lowest BCUT2D eigenvalue weighted by Crippen LogP contribution is -2.11. The van der Waals surface area contributed by atoms with E-state index in [0.717, 1.165) is 113 Å². The summed E-state index contributed by atoms with van der Waals surface area (Å²) in [5.41, 5.74) is 15.7. The van der Waals surface area contributed by atoms with E-state index in [2.05, 4.69) is 266 Å². The van der Waals surface area contributed by atoms with Gasteiger partial charge in [-0.3, -0.25) is 0 Å². The largest absolute Gasteiger partial charge is 0.494 e. The Morgan fingerprint density at radius 3 is 0.473 bits per heavy atom. The van der Waals surface area contributed by atoms with Gasteiger partial charge in [-0.2, -0.15) is 0 Å². The second kappa shape index (κ2) is 85.7. The second-order valence-corrected chi connectivity index (χ2v) is 43.9. The molecular formula is C138H222N6O6. The Labute approximate surface area is 917 Å². The third-order valence-electron chi connectivity index (χ3n) is 30.4. The number of fused-ring (bicyclic) bond motifs is 6. The summed E-state index contributed by atoms with van der Waals surface area (Å²) in [6.07, 6.45) is 106. The van der Waals surface area contributed by atoms with Crippen LogP contribution in [-0.4, -0.2) is 69.5 Å². The summed E-state index contributed by atoms with van der Waals surface area (Å²) in [7, 11) is 0. The van der Waals surface area contributed by atoms with Crippen molar-refractivity contribution >= 4 is 65.4 Å². The summed E-state index contributed by atoms with van der Waals surface area (Å²) in [5, 5.41) is 7.93. The number of nitrogens with one attached hydrogen (secondary N) is 6. The van der Waals surface area contributed by atoms with Crippen LogP contribution in [0.3, 0.4) is 0 Å². The molecule has 150 heavy (non-hydrogen) atoms. The Morgan fingerprint density at radius 1 is 0.167 bits per heavy atom. The molecule has 12 heteroatoms. The SMILES string of the molecule is CCCCC(CC)COc1ccc2[nH]cc(CCC)c2c1.CCCCCCCCCCCCCCCCOc1ccc2[nH]cc(CCC)c2c1.CCCCCCCCCCCCCCOc1ccc2[nH]cc(CCC)c2c1.CCCCCCCCCCCCOc1ccc2[nH]cc(CCC)c2c1.CCCCCCCCCCCCOc1ccc2[nH]cc(CCC)c2c1.CCCCCCCCCCOc1ccc2[nH]cc(CCC)c2c1. The Balaban J connectivity index is 0.000000244. The van der Waals surface area contributed by atoms with Gasteiger partial charge in [0.15, 0.2) is 0 Å². The zero-order chi connectivity index (χ0) is 107. The Bertz CT molecular complexity index is 5080. The predicted octanol–water partition coefficient (Wildman–Crippen LogP) is 44.4. The third kappa shape index (κ3) is 54.4. The Kier molecular flexibility index (Phi) is 73.3. The highest BCUT2D eigenvalue weighted by molar-refractivity contribution is 5.88. The molecule has 0 bridgehead atoms. The molecule has 1 atom stereocenters. The molecule has 0 saturated carbocycles. The van der Waals surface area contributed by atoms with Gasteiger partial charge in [0.1, 0.15) is 34.5 Å². The van der Waals surface area contributed by atoms with Crippen LogP contribution in [-0.2, 0) is 38.5 Å². The zero-order valence-electron chi connectivity index (χ0n) is 98.6. The van der Waals surface area contributed by atoms with Crippen molar-refractivity contribution in [3.63, 3.8) is 0 Å². The van der Waals surface area contributed by atoms with Gasteiger partial charge < -0.3 is 58.3 Å². The zero-order valence-corrected chi connectivity index (χ0v) is 98.6. The van der Waals surface area contributed by atoms with E-state index < -0.39 is 0 Å². The van der Waals surface area contributed by atoms with Crippen molar-refractivity contribution in [1.82, 2.24) is 29.9 Å². The van der Waals surface area contributed by atoms with Crippen LogP contribution in [0, 0.1) is 5.92 Å². The van der Waals surface area contributed by atoms with Gasteiger partial charge in [-0.25, -0.2) is 0 Å². The summed E-state index contributed by atoms with van der Waals surface area (Å²) >= 11 is 0. The second-order valence-electron chi connectivity index (χ2n) is 43.9. The van der Waals surface area contributed by atoms with Crippen LogP contribution < -0.4 is 28.4 Å². The molecule has 12 rings (SSSR count). The van der Waals surface area contributed by atoms with E-state index in [-0.39, 0.29) is 0 Å². The maximum atomic E-state index is 6.05. The topological polar surface area (TPSA) is 150 Å². The standard InChI is InChI=1S/C27H45NO.C25H41NO.2C23H37NO.C21H33NO.C19H29NO/c1-3-5-6-7-8-9-10-11-12-13-14-15-16-17-21-29-25-19-20-27-26(22-25)24(18-4-2)23-28-27;1-3-5-6-7-8-9-10-11-12-13-14-15-19-27-23-17-18-25-24(20-23)22(16-4-2)21-26-25;2*1-3-5-6-7-8-9-10-11-12-13-17-25-21-15-16-23-22(18-21)20(14-4-2)19-24-23;1-3-5-6-7-8-9-10-11-15-23-19-13-14-21-20(16-19)18(12-4-2)17-22-21;1-4-7-9-15(6-3)14-21-17-10-11-19-18(12-17)16(8-5-2)13-20-19/h19-20,22-23,28H,3-18,21H2,1-2H3;17-18,20-21,26H,3-16,19H2,1-2H3;2*15-16,18-19,24H,3-14,17H2,1-2H3;13-14,16-17,22H,3-12,15H2,1-2H3;10-13,15,20H,4-9,14H2,1-3H3. The van der Waals surface area contributed by atoms with Crippen LogP contribution in [0.4, 0.5) is 0 Å². The first-order valence-electron chi connectivity index (χ1n) is 63.4. The smallest absolute Gasteiger partial charge is 0.120 e. The lowest BCUT2D eigenvalue weighted by Gasteiger charge is -2.15. The number of aromatic nitrogens is 6. The number of hydrogen-bond acceptors (Lipinski definition) is 6. The quantitative estimate of drug-likeness (QED) is 0.0209. The molecule has 6 heterocycles. The fourth-order valence-electron chi connectivity index (χ4n) is 21.1. The van der Waals surface area contributed by atoms with E-state index in [0.29, 0.717) is 5.92 Å². The van der Waals surface area contributed by atoms with Gasteiger partial charge in [0.2, 0.25) is 0 Å². The van der Waals surface area contributed by atoms with Crippen LogP contribution >= 0.6 is 0 Å². The van der Waals surface area contributed by atoms with Crippen molar-refractivity contribution in [2.24, 2.45) is 5.92 Å². The molecule has 840 valence electrons. The van der Waals surface area contributed by atoms with E-state index in [1.165, 1.54) is 510 Å². The fourth-order valence-corrected chi connectivity index (χ4v) is 21.1. The Morgan fingerprint density at radius 2 is 0.320 bits per heavy atom. The number of aromatic amines is 6. The van der Waals surface area contributed by atoms with Crippen molar-refractivity contribution in [3.05, 3.63) is 180 Å². The fraction of sp³-hybridized carbons (Fsp3) is 0.652. The number of hydrogen-bond donors (Lipinski definition) is 6. The molecule has 6 aromatic heterocycles. The summed E-state index contributed by atoms with van der Waals surface area (Å²) in [5.74, 6) is 6.77. The molecule has 12 aromatic rings.